The molecule has 0 aliphatic carbocycles. The number of nitrogens with zero attached hydrogens (tertiary/aromatic N) is 3. The number of anilines is 2. The van der Waals surface area contributed by atoms with Gasteiger partial charge in [-0.15, -0.1) is 0 Å². The summed E-state index contributed by atoms with van der Waals surface area (Å²) in [5.41, 5.74) is 2.37. The van der Waals surface area contributed by atoms with Crippen LogP contribution in [0, 0.1) is 0 Å². The van der Waals surface area contributed by atoms with E-state index in [2.05, 4.69) is 20.7 Å². The van der Waals surface area contributed by atoms with Crippen molar-refractivity contribution in [2.24, 2.45) is 5.84 Å². The Morgan fingerprint density at radius 1 is 1.44 bits per heavy atom. The van der Waals surface area contributed by atoms with Crippen molar-refractivity contribution in [2.75, 3.05) is 30.4 Å². The van der Waals surface area contributed by atoms with Crippen LogP contribution in [0.4, 0.5) is 11.8 Å². The van der Waals surface area contributed by atoms with Crippen LogP contribution in [-0.2, 0) is 4.79 Å². The molecule has 1 heterocycles. The Balaban J connectivity index is 2.39. The van der Waals surface area contributed by atoms with Crippen molar-refractivity contribution in [1.82, 2.24) is 14.9 Å². The summed E-state index contributed by atoms with van der Waals surface area (Å²) in [5, 5.41) is 3.06. The van der Waals surface area contributed by atoms with Crippen LogP contribution in [0.25, 0.3) is 0 Å². The average molecular weight is 252 g/mol. The van der Waals surface area contributed by atoms with E-state index in [1.165, 1.54) is 0 Å². The average Bonchev–Trinajstić information content (AvgIpc) is 2.40. The van der Waals surface area contributed by atoms with Gasteiger partial charge in [0.25, 0.3) is 0 Å². The molecule has 0 spiro atoms. The fourth-order valence-electron chi connectivity index (χ4n) is 1.56. The minimum absolute atomic E-state index is 0.138. The highest BCUT2D eigenvalue weighted by Gasteiger charge is 2.08. The van der Waals surface area contributed by atoms with Crippen LogP contribution in [0.1, 0.15) is 20.3 Å². The van der Waals surface area contributed by atoms with Gasteiger partial charge in [0, 0.05) is 32.3 Å². The third kappa shape index (κ3) is 4.17. The van der Waals surface area contributed by atoms with Gasteiger partial charge in [0.1, 0.15) is 5.82 Å². The molecule has 0 fully saturated rings. The molecule has 0 aliphatic rings. The number of nitrogen functional groups attached to an aromatic ring is 1. The lowest BCUT2D eigenvalue weighted by Crippen LogP contribution is -2.31. The molecule has 0 aliphatic heterocycles. The first-order valence-corrected chi connectivity index (χ1v) is 6.02. The van der Waals surface area contributed by atoms with E-state index in [0.717, 1.165) is 13.1 Å². The van der Waals surface area contributed by atoms with E-state index in [9.17, 15) is 4.79 Å². The highest BCUT2D eigenvalue weighted by Crippen LogP contribution is 2.04. The molecule has 1 rings (SSSR count). The van der Waals surface area contributed by atoms with Crippen molar-refractivity contribution in [3.05, 3.63) is 12.3 Å². The van der Waals surface area contributed by atoms with Gasteiger partial charge in [0.05, 0.1) is 0 Å². The van der Waals surface area contributed by atoms with Crippen LogP contribution in [-0.4, -0.2) is 40.4 Å². The molecule has 0 saturated carbocycles. The molecule has 0 radical (unpaired) electrons. The predicted octanol–water partition coefficient (Wildman–Crippen LogP) is 0.433. The zero-order valence-electron chi connectivity index (χ0n) is 10.8. The molecule has 4 N–H and O–H groups in total. The van der Waals surface area contributed by atoms with Gasteiger partial charge in [0.2, 0.25) is 11.9 Å². The van der Waals surface area contributed by atoms with Gasteiger partial charge in [-0.25, -0.2) is 10.8 Å². The van der Waals surface area contributed by atoms with E-state index >= 15 is 0 Å². The first kappa shape index (κ1) is 14.2. The molecule has 100 valence electrons. The Kier molecular flexibility index (Phi) is 5.86. The molecule has 0 aromatic carbocycles. The monoisotopic (exact) mass is 252 g/mol. The van der Waals surface area contributed by atoms with E-state index in [1.807, 2.05) is 13.8 Å². The number of aromatic nitrogens is 2. The summed E-state index contributed by atoms with van der Waals surface area (Å²) in [6.07, 6.45) is 2.04. The number of rotatable bonds is 7. The lowest BCUT2D eigenvalue weighted by molar-refractivity contribution is -0.130. The zero-order valence-corrected chi connectivity index (χ0v) is 10.8. The Morgan fingerprint density at radius 3 is 2.78 bits per heavy atom. The van der Waals surface area contributed by atoms with Gasteiger partial charge >= 0.3 is 0 Å². The topological polar surface area (TPSA) is 96.2 Å². The summed E-state index contributed by atoms with van der Waals surface area (Å²) >= 11 is 0. The molecule has 1 amide bonds. The van der Waals surface area contributed by atoms with Gasteiger partial charge in [-0.3, -0.25) is 10.2 Å². The molecule has 0 unspecified atom stereocenters. The maximum atomic E-state index is 11.7. The first-order valence-electron chi connectivity index (χ1n) is 6.02. The number of carbonyl (C=O) groups excluding carboxylic acids is 1. The summed E-state index contributed by atoms with van der Waals surface area (Å²) in [5.74, 6) is 6.33. The SMILES string of the molecule is CCN(CC)C(=O)CCNc1ccnc(NN)n1. The molecule has 0 saturated heterocycles. The number of amides is 1. The van der Waals surface area contributed by atoms with Crippen LogP contribution in [0.3, 0.4) is 0 Å². The second-order valence-electron chi connectivity index (χ2n) is 3.65. The summed E-state index contributed by atoms with van der Waals surface area (Å²) in [6.45, 7) is 5.96. The molecule has 7 nitrogen and oxygen atoms in total. The minimum Gasteiger partial charge on any atom is -0.369 e. The highest BCUT2D eigenvalue weighted by atomic mass is 16.2. The standard InChI is InChI=1S/C11H20N6O/c1-3-17(4-2)10(18)6-8-13-9-5-7-14-11(15-9)16-12/h5,7H,3-4,6,8,12H2,1-2H3,(H2,13,14,15,16). The molecule has 1 aromatic heterocycles. The fraction of sp³-hybridized carbons (Fsp3) is 0.545. The highest BCUT2D eigenvalue weighted by molar-refractivity contribution is 5.76. The molecule has 0 atom stereocenters. The van der Waals surface area contributed by atoms with Crippen molar-refractivity contribution >= 4 is 17.7 Å². The zero-order chi connectivity index (χ0) is 13.4. The van der Waals surface area contributed by atoms with Gasteiger partial charge in [-0.2, -0.15) is 4.98 Å². The van der Waals surface area contributed by atoms with Crippen molar-refractivity contribution in [3.8, 4) is 0 Å². The molecule has 0 bridgehead atoms. The maximum Gasteiger partial charge on any atom is 0.239 e. The van der Waals surface area contributed by atoms with Gasteiger partial charge in [0.15, 0.2) is 0 Å². The van der Waals surface area contributed by atoms with E-state index in [-0.39, 0.29) is 5.91 Å². The van der Waals surface area contributed by atoms with E-state index in [1.54, 1.807) is 17.2 Å². The van der Waals surface area contributed by atoms with Crippen LogP contribution in [0.15, 0.2) is 12.3 Å². The lowest BCUT2D eigenvalue weighted by atomic mass is 10.3. The summed E-state index contributed by atoms with van der Waals surface area (Å²) in [4.78, 5) is 21.5. The van der Waals surface area contributed by atoms with Gasteiger partial charge in [-0.1, -0.05) is 0 Å². The van der Waals surface area contributed by atoms with E-state index in [4.69, 9.17) is 5.84 Å². The normalized spacial score (nSPS) is 9.94. The van der Waals surface area contributed by atoms with Crippen molar-refractivity contribution in [2.45, 2.75) is 20.3 Å². The molecule has 18 heavy (non-hydrogen) atoms. The largest absolute Gasteiger partial charge is 0.369 e. The second kappa shape index (κ2) is 7.44. The summed E-state index contributed by atoms with van der Waals surface area (Å²) < 4.78 is 0. The number of carbonyl (C=O) groups is 1. The van der Waals surface area contributed by atoms with Crippen LogP contribution >= 0.6 is 0 Å². The molecular weight excluding hydrogens is 232 g/mol. The molecule has 7 heteroatoms. The van der Waals surface area contributed by atoms with Crippen molar-refractivity contribution < 1.29 is 4.79 Å². The Hall–Kier alpha value is -1.89. The lowest BCUT2D eigenvalue weighted by Gasteiger charge is -2.18. The van der Waals surface area contributed by atoms with Gasteiger partial charge in [-0.05, 0) is 19.9 Å². The summed E-state index contributed by atoms with van der Waals surface area (Å²) in [7, 11) is 0. The van der Waals surface area contributed by atoms with Crippen LogP contribution < -0.4 is 16.6 Å². The quantitative estimate of drug-likeness (QED) is 0.481. The third-order valence-electron chi connectivity index (χ3n) is 2.55. The number of nitrogens with two attached hydrogens (primary N) is 1. The smallest absolute Gasteiger partial charge is 0.239 e. The molecule has 1 aromatic rings. The Labute approximate surface area is 107 Å². The number of hydrogen-bond acceptors (Lipinski definition) is 6. The van der Waals surface area contributed by atoms with Crippen LogP contribution in [0.5, 0.6) is 0 Å². The Bertz CT molecular complexity index is 380. The van der Waals surface area contributed by atoms with Crippen molar-refractivity contribution in [3.63, 3.8) is 0 Å². The van der Waals surface area contributed by atoms with E-state index < -0.39 is 0 Å². The van der Waals surface area contributed by atoms with E-state index in [0.29, 0.717) is 24.7 Å². The Morgan fingerprint density at radius 2 is 2.17 bits per heavy atom. The predicted molar refractivity (Wildman–Crippen MR) is 70.9 cm³/mol. The van der Waals surface area contributed by atoms with Crippen LogP contribution in [0.2, 0.25) is 0 Å². The number of hydrogen-bond donors (Lipinski definition) is 3. The maximum absolute atomic E-state index is 11.7. The number of nitrogens with one attached hydrogen (secondary N) is 2. The van der Waals surface area contributed by atoms with Gasteiger partial charge < -0.3 is 10.2 Å². The molecular formula is C11H20N6O. The minimum atomic E-state index is 0.138. The number of hydrazine groups is 1. The van der Waals surface area contributed by atoms with Crippen molar-refractivity contribution in [1.29, 1.82) is 0 Å². The first-order chi connectivity index (χ1) is 8.71. The second-order valence-corrected chi connectivity index (χ2v) is 3.65. The summed E-state index contributed by atoms with van der Waals surface area (Å²) in [6, 6.07) is 1.72. The fourth-order valence-corrected chi connectivity index (χ4v) is 1.56. The third-order valence-corrected chi connectivity index (χ3v) is 2.55.